The van der Waals surface area contributed by atoms with Crippen LogP contribution in [0.3, 0.4) is 0 Å². The van der Waals surface area contributed by atoms with Crippen molar-refractivity contribution in [3.8, 4) is 0 Å². The van der Waals surface area contributed by atoms with Crippen LogP contribution in [0.1, 0.15) is 39.0 Å². The van der Waals surface area contributed by atoms with Crippen LogP contribution in [0.4, 0.5) is 0 Å². The van der Waals surface area contributed by atoms with Crippen molar-refractivity contribution in [2.24, 2.45) is 11.8 Å². The van der Waals surface area contributed by atoms with E-state index in [1.54, 1.807) is 0 Å². The van der Waals surface area contributed by atoms with Gasteiger partial charge in [0, 0.05) is 5.92 Å². The zero-order valence-corrected chi connectivity index (χ0v) is 8.95. The van der Waals surface area contributed by atoms with Gasteiger partial charge in [-0.15, -0.1) is 0 Å². The summed E-state index contributed by atoms with van der Waals surface area (Å²) >= 11 is 0. The van der Waals surface area contributed by atoms with E-state index in [-0.39, 0.29) is 11.8 Å². The first kappa shape index (κ1) is 10.5. The number of carbonyl (C=O) groups is 2. The lowest BCUT2D eigenvalue weighted by Crippen LogP contribution is -2.53. The first-order chi connectivity index (χ1) is 7.05. The molecule has 4 nitrogen and oxygen atoms in total. The summed E-state index contributed by atoms with van der Waals surface area (Å²) in [5.74, 6) is -0.451. The van der Waals surface area contributed by atoms with Crippen LogP contribution in [0.5, 0.6) is 0 Å². The number of carboxylic acids is 1. The highest BCUT2D eigenvalue weighted by molar-refractivity contribution is 5.89. The Hall–Kier alpha value is -1.06. The molecule has 2 atom stereocenters. The molecule has 0 radical (unpaired) electrons. The highest BCUT2D eigenvalue weighted by atomic mass is 16.4. The standard InChI is InChI=1S/C11H17NO3/c1-7-6-8(7)9(13)12-11(10(14)15)4-2-3-5-11/h7-8H,2-6H2,1H3,(H,12,13)(H,14,15). The number of rotatable bonds is 3. The molecule has 15 heavy (non-hydrogen) atoms. The van der Waals surface area contributed by atoms with E-state index in [0.717, 1.165) is 19.3 Å². The Kier molecular flexibility index (Phi) is 2.44. The van der Waals surface area contributed by atoms with Crippen LogP contribution in [-0.4, -0.2) is 22.5 Å². The van der Waals surface area contributed by atoms with Gasteiger partial charge in [-0.05, 0) is 25.2 Å². The van der Waals surface area contributed by atoms with Crippen LogP contribution in [0.2, 0.25) is 0 Å². The highest BCUT2D eigenvalue weighted by Gasteiger charge is 2.47. The molecular formula is C11H17NO3. The van der Waals surface area contributed by atoms with Crippen LogP contribution in [-0.2, 0) is 9.59 Å². The van der Waals surface area contributed by atoms with Gasteiger partial charge in [-0.1, -0.05) is 19.8 Å². The van der Waals surface area contributed by atoms with Crippen LogP contribution < -0.4 is 5.32 Å². The smallest absolute Gasteiger partial charge is 0.329 e. The molecule has 0 saturated heterocycles. The predicted molar refractivity (Wildman–Crippen MR) is 54.2 cm³/mol. The fourth-order valence-electron chi connectivity index (χ4n) is 2.39. The van der Waals surface area contributed by atoms with Gasteiger partial charge in [0.15, 0.2) is 0 Å². The van der Waals surface area contributed by atoms with E-state index in [0.29, 0.717) is 18.8 Å². The van der Waals surface area contributed by atoms with Crippen LogP contribution in [0.25, 0.3) is 0 Å². The summed E-state index contributed by atoms with van der Waals surface area (Å²) in [6.07, 6.45) is 3.85. The van der Waals surface area contributed by atoms with Crippen LogP contribution in [0.15, 0.2) is 0 Å². The Morgan fingerprint density at radius 2 is 1.87 bits per heavy atom. The summed E-state index contributed by atoms with van der Waals surface area (Å²) in [6, 6.07) is 0. The largest absolute Gasteiger partial charge is 0.480 e. The summed E-state index contributed by atoms with van der Waals surface area (Å²) in [5.41, 5.74) is -0.959. The second-order valence-corrected chi connectivity index (χ2v) is 4.90. The SMILES string of the molecule is CC1CC1C(=O)NC1(C(=O)O)CCCC1. The summed E-state index contributed by atoms with van der Waals surface area (Å²) in [5, 5.41) is 11.9. The number of carbonyl (C=O) groups excluding carboxylic acids is 1. The van der Waals surface area contributed by atoms with Crippen molar-refractivity contribution in [1.82, 2.24) is 5.32 Å². The number of amides is 1. The number of carboxylic acid groups (broad SMARTS) is 1. The van der Waals surface area contributed by atoms with Gasteiger partial charge in [-0.3, -0.25) is 4.79 Å². The number of aliphatic carboxylic acids is 1. The molecule has 2 unspecified atom stereocenters. The zero-order valence-electron chi connectivity index (χ0n) is 8.95. The molecular weight excluding hydrogens is 194 g/mol. The van der Waals surface area contributed by atoms with Crippen molar-refractivity contribution in [3.05, 3.63) is 0 Å². The molecule has 2 aliphatic carbocycles. The number of hydrogen-bond acceptors (Lipinski definition) is 2. The normalized spacial score (nSPS) is 32.3. The minimum absolute atomic E-state index is 0.0572. The molecule has 2 rings (SSSR count). The monoisotopic (exact) mass is 211 g/mol. The lowest BCUT2D eigenvalue weighted by atomic mass is 9.97. The second kappa shape index (κ2) is 3.51. The molecule has 0 aromatic carbocycles. The summed E-state index contributed by atoms with van der Waals surface area (Å²) in [7, 11) is 0. The number of nitrogens with one attached hydrogen (secondary N) is 1. The maximum absolute atomic E-state index is 11.7. The predicted octanol–water partition coefficient (Wildman–Crippen LogP) is 1.16. The average Bonchev–Trinajstić information content (AvgIpc) is 2.73. The Bertz CT molecular complexity index is 294. The van der Waals surface area contributed by atoms with Crippen molar-refractivity contribution in [3.63, 3.8) is 0 Å². The van der Waals surface area contributed by atoms with E-state index in [1.807, 2.05) is 6.92 Å². The van der Waals surface area contributed by atoms with Gasteiger partial charge in [0.25, 0.3) is 0 Å². The first-order valence-corrected chi connectivity index (χ1v) is 5.60. The minimum atomic E-state index is -0.959. The molecule has 2 saturated carbocycles. The van der Waals surface area contributed by atoms with E-state index in [2.05, 4.69) is 5.32 Å². The van der Waals surface area contributed by atoms with E-state index in [9.17, 15) is 9.59 Å². The summed E-state index contributed by atoms with van der Waals surface area (Å²) in [6.45, 7) is 2.02. The molecule has 0 aliphatic heterocycles. The molecule has 0 spiro atoms. The summed E-state index contributed by atoms with van der Waals surface area (Å²) in [4.78, 5) is 22.9. The molecule has 84 valence electrons. The third-order valence-electron chi connectivity index (χ3n) is 3.68. The lowest BCUT2D eigenvalue weighted by molar-refractivity contribution is -0.147. The van der Waals surface area contributed by atoms with Crippen molar-refractivity contribution >= 4 is 11.9 Å². The average molecular weight is 211 g/mol. The maximum atomic E-state index is 11.7. The molecule has 2 fully saturated rings. The van der Waals surface area contributed by atoms with E-state index < -0.39 is 11.5 Å². The van der Waals surface area contributed by atoms with Gasteiger partial charge in [0.1, 0.15) is 5.54 Å². The molecule has 1 amide bonds. The van der Waals surface area contributed by atoms with E-state index in [1.165, 1.54) is 0 Å². The van der Waals surface area contributed by atoms with Crippen LogP contribution in [0, 0.1) is 11.8 Å². The van der Waals surface area contributed by atoms with Gasteiger partial charge < -0.3 is 10.4 Å². The molecule has 0 aromatic rings. The Morgan fingerprint density at radius 1 is 1.33 bits per heavy atom. The molecule has 0 heterocycles. The topological polar surface area (TPSA) is 66.4 Å². The molecule has 4 heteroatoms. The zero-order chi connectivity index (χ0) is 11.1. The minimum Gasteiger partial charge on any atom is -0.480 e. The molecule has 2 aliphatic rings. The van der Waals surface area contributed by atoms with Gasteiger partial charge in [-0.2, -0.15) is 0 Å². The third kappa shape index (κ3) is 1.85. The number of hydrogen-bond donors (Lipinski definition) is 2. The third-order valence-corrected chi connectivity index (χ3v) is 3.68. The second-order valence-electron chi connectivity index (χ2n) is 4.90. The maximum Gasteiger partial charge on any atom is 0.329 e. The fourth-order valence-corrected chi connectivity index (χ4v) is 2.39. The summed E-state index contributed by atoms with van der Waals surface area (Å²) < 4.78 is 0. The Balaban J connectivity index is 2.01. The quantitative estimate of drug-likeness (QED) is 0.736. The van der Waals surface area contributed by atoms with Gasteiger partial charge in [0.2, 0.25) is 5.91 Å². The van der Waals surface area contributed by atoms with Gasteiger partial charge >= 0.3 is 5.97 Å². The fraction of sp³-hybridized carbons (Fsp3) is 0.818. The molecule has 0 aromatic heterocycles. The highest BCUT2D eigenvalue weighted by Crippen LogP contribution is 2.39. The molecule has 2 N–H and O–H groups in total. The van der Waals surface area contributed by atoms with Crippen molar-refractivity contribution in [2.75, 3.05) is 0 Å². The van der Waals surface area contributed by atoms with Crippen molar-refractivity contribution in [1.29, 1.82) is 0 Å². The van der Waals surface area contributed by atoms with E-state index >= 15 is 0 Å². The molecule has 0 bridgehead atoms. The van der Waals surface area contributed by atoms with E-state index in [4.69, 9.17) is 5.11 Å². The van der Waals surface area contributed by atoms with Crippen molar-refractivity contribution < 1.29 is 14.7 Å². The lowest BCUT2D eigenvalue weighted by Gasteiger charge is -2.25. The Labute approximate surface area is 89.0 Å². The van der Waals surface area contributed by atoms with Crippen molar-refractivity contribution in [2.45, 2.75) is 44.6 Å². The first-order valence-electron chi connectivity index (χ1n) is 5.60. The Morgan fingerprint density at radius 3 is 2.27 bits per heavy atom. The van der Waals surface area contributed by atoms with Crippen LogP contribution >= 0.6 is 0 Å². The van der Waals surface area contributed by atoms with Gasteiger partial charge in [0.05, 0.1) is 0 Å². The van der Waals surface area contributed by atoms with Gasteiger partial charge in [-0.25, -0.2) is 4.79 Å².